The van der Waals surface area contributed by atoms with Crippen molar-refractivity contribution in [1.29, 1.82) is 0 Å². The molecule has 0 spiro atoms. The van der Waals surface area contributed by atoms with Gasteiger partial charge in [-0.05, 0) is 18.2 Å². The molecule has 0 atom stereocenters. The van der Waals surface area contributed by atoms with Crippen molar-refractivity contribution < 1.29 is 9.53 Å². The number of nitrogens with one attached hydrogen (secondary N) is 1. The van der Waals surface area contributed by atoms with E-state index in [0.29, 0.717) is 11.4 Å². The molecule has 1 aromatic carbocycles. The molecule has 114 valence electrons. The standard InChI is InChI=1S/C16H13N5O2/c17-15-19-8-12(9-20-15)11-6-13(10-18-7-11)21-16(22)23-14-4-2-1-3-5-14/h1-10H,(H,21,22)(H2,17,19,20). The summed E-state index contributed by atoms with van der Waals surface area (Å²) in [5.41, 5.74) is 7.46. The lowest BCUT2D eigenvalue weighted by Gasteiger charge is -2.07. The lowest BCUT2D eigenvalue weighted by molar-refractivity contribution is 0.215. The zero-order valence-corrected chi connectivity index (χ0v) is 12.0. The number of amides is 1. The molecule has 0 aliphatic carbocycles. The number of nitrogens with zero attached hydrogens (tertiary/aromatic N) is 3. The Bertz CT molecular complexity index is 806. The Kier molecular flexibility index (Phi) is 4.10. The third kappa shape index (κ3) is 3.79. The van der Waals surface area contributed by atoms with Gasteiger partial charge in [0.05, 0.1) is 11.9 Å². The lowest BCUT2D eigenvalue weighted by Crippen LogP contribution is -2.16. The third-order valence-electron chi connectivity index (χ3n) is 2.94. The largest absolute Gasteiger partial charge is 0.417 e. The molecule has 0 radical (unpaired) electrons. The number of carbonyl (C=O) groups excluding carboxylic acids is 1. The summed E-state index contributed by atoms with van der Waals surface area (Å²) in [7, 11) is 0. The first-order valence-electron chi connectivity index (χ1n) is 6.77. The predicted octanol–water partition coefficient (Wildman–Crippen LogP) is 2.73. The second kappa shape index (κ2) is 6.52. The summed E-state index contributed by atoms with van der Waals surface area (Å²) in [5, 5.41) is 2.62. The normalized spacial score (nSPS) is 10.1. The van der Waals surface area contributed by atoms with E-state index in [9.17, 15) is 4.79 Å². The summed E-state index contributed by atoms with van der Waals surface area (Å²) in [4.78, 5) is 23.8. The number of aromatic nitrogens is 3. The van der Waals surface area contributed by atoms with Crippen molar-refractivity contribution >= 4 is 17.7 Å². The number of rotatable bonds is 3. The average molecular weight is 307 g/mol. The fraction of sp³-hybridized carbons (Fsp3) is 0. The maximum absolute atomic E-state index is 11.9. The highest BCUT2D eigenvalue weighted by atomic mass is 16.6. The lowest BCUT2D eigenvalue weighted by atomic mass is 10.1. The molecule has 23 heavy (non-hydrogen) atoms. The molecule has 2 heterocycles. The van der Waals surface area contributed by atoms with Crippen molar-refractivity contribution in [2.75, 3.05) is 11.1 Å². The molecule has 0 saturated heterocycles. The van der Waals surface area contributed by atoms with Crippen LogP contribution in [0.4, 0.5) is 16.4 Å². The van der Waals surface area contributed by atoms with Gasteiger partial charge in [0.15, 0.2) is 0 Å². The van der Waals surface area contributed by atoms with Gasteiger partial charge in [0.1, 0.15) is 5.75 Å². The van der Waals surface area contributed by atoms with Crippen molar-refractivity contribution in [3.05, 3.63) is 61.2 Å². The number of nitrogen functional groups attached to an aromatic ring is 1. The number of carbonyl (C=O) groups is 1. The molecule has 3 aromatic rings. The maximum atomic E-state index is 11.9. The van der Waals surface area contributed by atoms with E-state index in [1.165, 1.54) is 6.20 Å². The summed E-state index contributed by atoms with van der Waals surface area (Å²) in [6, 6.07) is 10.5. The quantitative estimate of drug-likeness (QED) is 0.771. The molecule has 3 N–H and O–H groups in total. The highest BCUT2D eigenvalue weighted by Crippen LogP contribution is 2.20. The molecule has 2 aromatic heterocycles. The van der Waals surface area contributed by atoms with Crippen LogP contribution in [0, 0.1) is 0 Å². The second-order valence-electron chi connectivity index (χ2n) is 4.62. The highest BCUT2D eigenvalue weighted by molar-refractivity contribution is 5.87. The monoisotopic (exact) mass is 307 g/mol. The predicted molar refractivity (Wildman–Crippen MR) is 85.8 cm³/mol. The molecule has 0 bridgehead atoms. The van der Waals surface area contributed by atoms with E-state index in [-0.39, 0.29) is 5.95 Å². The first-order chi connectivity index (χ1) is 11.2. The third-order valence-corrected chi connectivity index (χ3v) is 2.94. The minimum atomic E-state index is -0.594. The van der Waals surface area contributed by atoms with Crippen LogP contribution in [0.2, 0.25) is 0 Å². The van der Waals surface area contributed by atoms with E-state index >= 15 is 0 Å². The molecule has 0 saturated carbocycles. The van der Waals surface area contributed by atoms with Crippen molar-refractivity contribution in [3.63, 3.8) is 0 Å². The zero-order valence-electron chi connectivity index (χ0n) is 12.0. The van der Waals surface area contributed by atoms with Gasteiger partial charge in [0.25, 0.3) is 0 Å². The van der Waals surface area contributed by atoms with E-state index < -0.39 is 6.09 Å². The molecule has 7 heteroatoms. The molecule has 7 nitrogen and oxygen atoms in total. The van der Waals surface area contributed by atoms with Crippen molar-refractivity contribution in [2.45, 2.75) is 0 Å². The van der Waals surface area contributed by atoms with Crippen LogP contribution in [-0.4, -0.2) is 21.0 Å². The maximum Gasteiger partial charge on any atom is 0.417 e. The minimum Gasteiger partial charge on any atom is -0.410 e. The Balaban J connectivity index is 1.72. The smallest absolute Gasteiger partial charge is 0.410 e. The van der Waals surface area contributed by atoms with Gasteiger partial charge in [-0.1, -0.05) is 18.2 Å². The van der Waals surface area contributed by atoms with Crippen LogP contribution in [-0.2, 0) is 0 Å². The number of benzene rings is 1. The number of anilines is 2. The van der Waals surface area contributed by atoms with Crippen molar-refractivity contribution in [3.8, 4) is 16.9 Å². The van der Waals surface area contributed by atoms with Gasteiger partial charge in [-0.15, -0.1) is 0 Å². The van der Waals surface area contributed by atoms with Crippen LogP contribution < -0.4 is 15.8 Å². The Morgan fingerprint density at radius 1 is 1.00 bits per heavy atom. The van der Waals surface area contributed by atoms with Crippen LogP contribution in [0.5, 0.6) is 5.75 Å². The second-order valence-corrected chi connectivity index (χ2v) is 4.62. The Hall–Kier alpha value is -3.48. The van der Waals surface area contributed by atoms with E-state index in [0.717, 1.165) is 11.1 Å². The minimum absolute atomic E-state index is 0.197. The summed E-state index contributed by atoms with van der Waals surface area (Å²) >= 11 is 0. The van der Waals surface area contributed by atoms with Crippen LogP contribution in [0.3, 0.4) is 0 Å². The Labute approximate surface area is 132 Å². The average Bonchev–Trinajstić information content (AvgIpc) is 2.56. The number of pyridine rings is 1. The van der Waals surface area contributed by atoms with Gasteiger partial charge in [0.2, 0.25) is 5.95 Å². The summed E-state index contributed by atoms with van der Waals surface area (Å²) in [5.74, 6) is 0.656. The van der Waals surface area contributed by atoms with Gasteiger partial charge >= 0.3 is 6.09 Å². The topological polar surface area (TPSA) is 103 Å². The van der Waals surface area contributed by atoms with Gasteiger partial charge in [0, 0.05) is 29.7 Å². The number of hydrogen-bond acceptors (Lipinski definition) is 6. The van der Waals surface area contributed by atoms with Gasteiger partial charge < -0.3 is 10.5 Å². The molecule has 0 unspecified atom stereocenters. The van der Waals surface area contributed by atoms with Gasteiger partial charge in [-0.2, -0.15) is 0 Å². The molecular formula is C16H13N5O2. The van der Waals surface area contributed by atoms with Crippen molar-refractivity contribution in [1.82, 2.24) is 15.0 Å². The first-order valence-corrected chi connectivity index (χ1v) is 6.77. The number of ether oxygens (including phenoxy) is 1. The van der Waals surface area contributed by atoms with E-state index in [1.807, 2.05) is 6.07 Å². The SMILES string of the molecule is Nc1ncc(-c2cncc(NC(=O)Oc3ccccc3)c2)cn1. The molecule has 0 fully saturated rings. The van der Waals surface area contributed by atoms with Gasteiger partial charge in [-0.3, -0.25) is 10.3 Å². The molecule has 0 aliphatic heterocycles. The van der Waals surface area contributed by atoms with E-state index in [4.69, 9.17) is 10.5 Å². The Morgan fingerprint density at radius 2 is 1.74 bits per heavy atom. The fourth-order valence-electron chi connectivity index (χ4n) is 1.89. The van der Waals surface area contributed by atoms with E-state index in [1.54, 1.807) is 48.9 Å². The van der Waals surface area contributed by atoms with Crippen LogP contribution >= 0.6 is 0 Å². The van der Waals surface area contributed by atoms with Crippen molar-refractivity contribution in [2.24, 2.45) is 0 Å². The van der Waals surface area contributed by atoms with Crippen LogP contribution in [0.15, 0.2) is 61.2 Å². The zero-order chi connectivity index (χ0) is 16.1. The molecule has 3 rings (SSSR count). The highest BCUT2D eigenvalue weighted by Gasteiger charge is 2.07. The molecule has 1 amide bonds. The molecule has 0 aliphatic rings. The van der Waals surface area contributed by atoms with Crippen LogP contribution in [0.1, 0.15) is 0 Å². The Morgan fingerprint density at radius 3 is 2.48 bits per heavy atom. The van der Waals surface area contributed by atoms with Gasteiger partial charge in [-0.25, -0.2) is 14.8 Å². The number of nitrogens with two attached hydrogens (primary N) is 1. The molecular weight excluding hydrogens is 294 g/mol. The number of hydrogen-bond donors (Lipinski definition) is 2. The van der Waals surface area contributed by atoms with Crippen LogP contribution in [0.25, 0.3) is 11.1 Å². The first kappa shape index (κ1) is 14.5. The summed E-state index contributed by atoms with van der Waals surface area (Å²) in [6.45, 7) is 0. The van der Waals surface area contributed by atoms with E-state index in [2.05, 4.69) is 20.3 Å². The number of para-hydroxylation sites is 1. The summed E-state index contributed by atoms with van der Waals surface area (Å²) < 4.78 is 5.16. The summed E-state index contributed by atoms with van der Waals surface area (Å²) in [6.07, 6.45) is 5.75. The fourth-order valence-corrected chi connectivity index (χ4v) is 1.89.